The third-order valence-corrected chi connectivity index (χ3v) is 6.57. The van der Waals surface area contributed by atoms with Crippen molar-refractivity contribution < 1.29 is 0 Å². The summed E-state index contributed by atoms with van der Waals surface area (Å²) in [5.74, 6) is 2.97. The Kier molecular flexibility index (Phi) is 2.89. The van der Waals surface area contributed by atoms with Crippen molar-refractivity contribution in [3.63, 3.8) is 0 Å². The van der Waals surface area contributed by atoms with Crippen LogP contribution in [0.3, 0.4) is 0 Å². The van der Waals surface area contributed by atoms with Crippen LogP contribution in [0.4, 0.5) is 0 Å². The van der Waals surface area contributed by atoms with Gasteiger partial charge in [-0.25, -0.2) is 0 Å². The number of hydrogen-bond acceptors (Lipinski definition) is 2. The Morgan fingerprint density at radius 3 is 2.62 bits per heavy atom. The van der Waals surface area contributed by atoms with E-state index in [1.54, 1.807) is 0 Å². The summed E-state index contributed by atoms with van der Waals surface area (Å²) in [4.78, 5) is 1.52. The van der Waals surface area contributed by atoms with Crippen LogP contribution in [-0.4, -0.2) is 7.05 Å². The van der Waals surface area contributed by atoms with Gasteiger partial charge in [0, 0.05) is 10.9 Å². The molecule has 88 valence electrons. The maximum absolute atomic E-state index is 3.64. The average Bonchev–Trinajstić information content (AvgIpc) is 2.63. The molecule has 0 amide bonds. The highest BCUT2D eigenvalue weighted by Gasteiger charge is 2.56. The molecule has 1 heterocycles. The summed E-state index contributed by atoms with van der Waals surface area (Å²) in [6, 6.07) is 2.95. The lowest BCUT2D eigenvalue weighted by Gasteiger charge is -2.16. The fourth-order valence-electron chi connectivity index (χ4n) is 3.53. The molecule has 2 aliphatic rings. The zero-order valence-electron chi connectivity index (χ0n) is 9.79. The van der Waals surface area contributed by atoms with E-state index in [1.165, 1.54) is 33.5 Å². The molecule has 0 aromatic carbocycles. The lowest BCUT2D eigenvalue weighted by Crippen LogP contribution is -2.19. The summed E-state index contributed by atoms with van der Waals surface area (Å²) >= 11 is 5.54. The molecule has 2 saturated carbocycles. The van der Waals surface area contributed by atoms with Crippen molar-refractivity contribution >= 4 is 27.3 Å². The Morgan fingerprint density at radius 1 is 1.44 bits per heavy atom. The van der Waals surface area contributed by atoms with Crippen LogP contribution in [0.2, 0.25) is 0 Å². The molecule has 1 aromatic heterocycles. The van der Waals surface area contributed by atoms with E-state index in [1.807, 2.05) is 11.3 Å². The van der Waals surface area contributed by atoms with Crippen molar-refractivity contribution in [2.75, 3.05) is 7.05 Å². The molecule has 0 saturated heterocycles. The highest BCUT2D eigenvalue weighted by Crippen LogP contribution is 2.62. The predicted molar refractivity (Wildman–Crippen MR) is 72.9 cm³/mol. The molecule has 0 bridgehead atoms. The van der Waals surface area contributed by atoms with Crippen molar-refractivity contribution in [1.29, 1.82) is 0 Å². The van der Waals surface area contributed by atoms with Gasteiger partial charge in [0.25, 0.3) is 0 Å². The number of thiophene rings is 1. The van der Waals surface area contributed by atoms with Crippen LogP contribution in [0.1, 0.15) is 35.7 Å². The highest BCUT2D eigenvalue weighted by atomic mass is 79.9. The van der Waals surface area contributed by atoms with Gasteiger partial charge in [0.2, 0.25) is 0 Å². The van der Waals surface area contributed by atoms with Gasteiger partial charge in [0.1, 0.15) is 0 Å². The molecular weight excluding hydrogens is 282 g/mol. The van der Waals surface area contributed by atoms with Crippen molar-refractivity contribution in [1.82, 2.24) is 5.32 Å². The summed E-state index contributed by atoms with van der Waals surface area (Å²) < 4.78 is 1.30. The first kappa shape index (κ1) is 11.2. The van der Waals surface area contributed by atoms with E-state index < -0.39 is 0 Å². The van der Waals surface area contributed by atoms with Gasteiger partial charge in [-0.2, -0.15) is 0 Å². The Morgan fingerprint density at radius 2 is 2.12 bits per heavy atom. The first-order chi connectivity index (χ1) is 7.72. The molecule has 3 atom stereocenters. The van der Waals surface area contributed by atoms with Gasteiger partial charge < -0.3 is 5.32 Å². The molecule has 0 spiro atoms. The molecule has 1 aromatic rings. The third kappa shape index (κ3) is 1.68. The minimum Gasteiger partial charge on any atom is -0.312 e. The fraction of sp³-hybridized carbons (Fsp3) is 0.692. The standard InChI is InChI=1S/C13H18BrNS/c1-7-6-10(16-13(7)14)12(15-2)11-8-4-3-5-9(8)11/h6,8-9,11-12,15H,3-5H2,1-2H3. The monoisotopic (exact) mass is 299 g/mol. The lowest BCUT2D eigenvalue weighted by atomic mass is 10.0. The first-order valence-corrected chi connectivity index (χ1v) is 7.76. The van der Waals surface area contributed by atoms with Crippen LogP contribution in [0.25, 0.3) is 0 Å². The van der Waals surface area contributed by atoms with Gasteiger partial charge in [-0.15, -0.1) is 11.3 Å². The predicted octanol–water partition coefficient (Wildman–Crippen LogP) is 4.13. The second-order valence-corrected chi connectivity index (χ2v) is 7.61. The minimum atomic E-state index is 0.602. The van der Waals surface area contributed by atoms with Crippen LogP contribution in [0.15, 0.2) is 9.85 Å². The van der Waals surface area contributed by atoms with E-state index in [0.717, 1.165) is 17.8 Å². The van der Waals surface area contributed by atoms with Crippen LogP contribution in [-0.2, 0) is 0 Å². The van der Waals surface area contributed by atoms with Gasteiger partial charge >= 0.3 is 0 Å². The van der Waals surface area contributed by atoms with Gasteiger partial charge in [-0.1, -0.05) is 6.42 Å². The number of rotatable bonds is 3. The summed E-state index contributed by atoms with van der Waals surface area (Å²) in [7, 11) is 2.11. The number of hydrogen-bond donors (Lipinski definition) is 1. The Hall–Kier alpha value is 0.140. The largest absolute Gasteiger partial charge is 0.312 e. The number of halogens is 1. The minimum absolute atomic E-state index is 0.602. The first-order valence-electron chi connectivity index (χ1n) is 6.15. The van der Waals surface area contributed by atoms with E-state index in [-0.39, 0.29) is 0 Å². The molecule has 3 heteroatoms. The fourth-order valence-corrected chi connectivity index (χ4v) is 5.27. The molecule has 3 unspecified atom stereocenters. The lowest BCUT2D eigenvalue weighted by molar-refractivity contribution is 0.450. The molecular formula is C13H18BrNS. The molecule has 2 fully saturated rings. The second kappa shape index (κ2) is 4.11. The van der Waals surface area contributed by atoms with Gasteiger partial charge in [-0.05, 0) is 72.1 Å². The normalized spacial score (nSPS) is 33.8. The zero-order valence-corrected chi connectivity index (χ0v) is 12.2. The Labute approximate surface area is 110 Å². The van der Waals surface area contributed by atoms with E-state index in [0.29, 0.717) is 6.04 Å². The number of nitrogens with one attached hydrogen (secondary N) is 1. The second-order valence-electron chi connectivity index (χ2n) is 5.21. The van der Waals surface area contributed by atoms with Crippen LogP contribution < -0.4 is 5.32 Å². The molecule has 0 aliphatic heterocycles. The zero-order chi connectivity index (χ0) is 11.3. The topological polar surface area (TPSA) is 12.0 Å². The van der Waals surface area contributed by atoms with Gasteiger partial charge in [-0.3, -0.25) is 0 Å². The highest BCUT2D eigenvalue weighted by molar-refractivity contribution is 9.11. The van der Waals surface area contributed by atoms with Crippen molar-refractivity contribution in [3.8, 4) is 0 Å². The van der Waals surface area contributed by atoms with Crippen LogP contribution in [0.5, 0.6) is 0 Å². The van der Waals surface area contributed by atoms with Crippen molar-refractivity contribution in [2.45, 2.75) is 32.2 Å². The molecule has 0 radical (unpaired) electrons. The van der Waals surface area contributed by atoms with E-state index in [4.69, 9.17) is 0 Å². The maximum atomic E-state index is 3.64. The third-order valence-electron chi connectivity index (χ3n) is 4.35. The van der Waals surface area contributed by atoms with Gasteiger partial charge in [0.15, 0.2) is 0 Å². The molecule has 3 rings (SSSR count). The van der Waals surface area contributed by atoms with E-state index in [9.17, 15) is 0 Å². The SMILES string of the molecule is CNC(c1cc(C)c(Br)s1)C1C2CCCC21. The van der Waals surface area contributed by atoms with Crippen molar-refractivity contribution in [3.05, 3.63) is 20.3 Å². The summed E-state index contributed by atoms with van der Waals surface area (Å²) in [5.41, 5.74) is 1.38. The summed E-state index contributed by atoms with van der Waals surface area (Å²) in [6.45, 7) is 2.19. The maximum Gasteiger partial charge on any atom is 0.0731 e. The van der Waals surface area contributed by atoms with E-state index >= 15 is 0 Å². The summed E-state index contributed by atoms with van der Waals surface area (Å²) in [5, 5.41) is 3.54. The van der Waals surface area contributed by atoms with E-state index in [2.05, 4.69) is 41.3 Å². The van der Waals surface area contributed by atoms with Crippen LogP contribution in [0, 0.1) is 24.7 Å². The average molecular weight is 300 g/mol. The molecule has 16 heavy (non-hydrogen) atoms. The van der Waals surface area contributed by atoms with Crippen LogP contribution >= 0.6 is 27.3 Å². The number of fused-ring (bicyclic) bond motifs is 1. The Bertz CT molecular complexity index is 371. The Balaban J connectivity index is 1.81. The number of aryl methyl sites for hydroxylation is 1. The van der Waals surface area contributed by atoms with Gasteiger partial charge in [0.05, 0.1) is 3.79 Å². The summed E-state index contributed by atoms with van der Waals surface area (Å²) in [6.07, 6.45) is 4.41. The molecule has 1 nitrogen and oxygen atoms in total. The quantitative estimate of drug-likeness (QED) is 0.885. The smallest absolute Gasteiger partial charge is 0.0731 e. The molecule has 1 N–H and O–H groups in total. The van der Waals surface area contributed by atoms with Crippen molar-refractivity contribution in [2.24, 2.45) is 17.8 Å². The molecule has 2 aliphatic carbocycles.